The van der Waals surface area contributed by atoms with Crippen LogP contribution in [0.2, 0.25) is 0 Å². The molecule has 0 bridgehead atoms. The lowest BCUT2D eigenvalue weighted by Gasteiger charge is -2.17. The van der Waals surface area contributed by atoms with Gasteiger partial charge >= 0.3 is 0 Å². The van der Waals surface area contributed by atoms with E-state index in [4.69, 9.17) is 0 Å². The average molecular weight is 241 g/mol. The number of rotatable bonds is 6. The van der Waals surface area contributed by atoms with Crippen molar-refractivity contribution in [2.75, 3.05) is 19.6 Å². The van der Waals surface area contributed by atoms with Gasteiger partial charge in [0.1, 0.15) is 11.6 Å². The molecule has 0 unspecified atom stereocenters. The van der Waals surface area contributed by atoms with E-state index >= 15 is 0 Å². The maximum absolute atomic E-state index is 13.3. The van der Waals surface area contributed by atoms with Crippen LogP contribution in [0.4, 0.5) is 8.78 Å². The van der Waals surface area contributed by atoms with Crippen molar-refractivity contribution in [3.63, 3.8) is 0 Å². The second-order valence-electron chi connectivity index (χ2n) is 3.82. The van der Waals surface area contributed by atoms with Crippen LogP contribution in [-0.2, 0) is 0 Å². The van der Waals surface area contributed by atoms with Gasteiger partial charge in [0.2, 0.25) is 0 Å². The molecule has 0 aliphatic rings. The van der Waals surface area contributed by atoms with Crippen LogP contribution in [0.25, 0.3) is 0 Å². The second-order valence-corrected chi connectivity index (χ2v) is 3.82. The Morgan fingerprint density at radius 3 is 2.41 bits per heavy atom. The van der Waals surface area contributed by atoms with Crippen LogP contribution in [0.5, 0.6) is 0 Å². The van der Waals surface area contributed by atoms with E-state index in [2.05, 4.69) is 4.90 Å². The molecule has 1 rings (SSSR count). The fraction of sp³-hybridized carbons (Fsp3) is 0.462. The monoisotopic (exact) mass is 241 g/mol. The smallest absolute Gasteiger partial charge is 0.167 e. The molecule has 0 aliphatic heterocycles. The highest BCUT2D eigenvalue weighted by Crippen LogP contribution is 2.12. The Bertz CT molecular complexity index is 389. The summed E-state index contributed by atoms with van der Waals surface area (Å²) in [6.45, 7) is 6.33. The molecule has 0 N–H and O–H groups in total. The molecule has 0 heterocycles. The molecule has 0 saturated heterocycles. The lowest BCUT2D eigenvalue weighted by Crippen LogP contribution is -2.26. The van der Waals surface area contributed by atoms with Gasteiger partial charge in [0.15, 0.2) is 5.78 Å². The average Bonchev–Trinajstić information content (AvgIpc) is 2.30. The maximum atomic E-state index is 13.3. The number of carbonyl (C=O) groups is 1. The Labute approximate surface area is 100 Å². The number of halogens is 2. The van der Waals surface area contributed by atoms with Gasteiger partial charge in [-0.25, -0.2) is 8.78 Å². The molecule has 0 fully saturated rings. The van der Waals surface area contributed by atoms with Crippen LogP contribution in [0.3, 0.4) is 0 Å². The summed E-state index contributed by atoms with van der Waals surface area (Å²) in [4.78, 5) is 13.8. The Balaban J connectivity index is 2.64. The van der Waals surface area contributed by atoms with Gasteiger partial charge in [-0.3, -0.25) is 4.79 Å². The minimum absolute atomic E-state index is 0.0291. The predicted molar refractivity (Wildman–Crippen MR) is 63.1 cm³/mol. The van der Waals surface area contributed by atoms with Crippen LogP contribution < -0.4 is 0 Å². The molecule has 0 radical (unpaired) electrons. The molecule has 4 heteroatoms. The van der Waals surface area contributed by atoms with Crippen molar-refractivity contribution in [2.45, 2.75) is 20.3 Å². The van der Waals surface area contributed by atoms with Crippen molar-refractivity contribution in [3.05, 3.63) is 35.4 Å². The van der Waals surface area contributed by atoms with E-state index in [-0.39, 0.29) is 17.8 Å². The fourth-order valence-corrected chi connectivity index (χ4v) is 1.65. The molecule has 1 aromatic carbocycles. The molecule has 0 aromatic heterocycles. The summed E-state index contributed by atoms with van der Waals surface area (Å²) in [6, 6.07) is 3.05. The van der Waals surface area contributed by atoms with E-state index < -0.39 is 11.6 Å². The highest BCUT2D eigenvalue weighted by molar-refractivity contribution is 5.96. The van der Waals surface area contributed by atoms with Gasteiger partial charge in [0.05, 0.1) is 5.56 Å². The minimum atomic E-state index is -0.783. The van der Waals surface area contributed by atoms with E-state index in [9.17, 15) is 13.6 Å². The first kappa shape index (κ1) is 13.8. The minimum Gasteiger partial charge on any atom is -0.303 e. The summed E-state index contributed by atoms with van der Waals surface area (Å²) in [7, 11) is 0. The highest BCUT2D eigenvalue weighted by Gasteiger charge is 2.13. The summed E-state index contributed by atoms with van der Waals surface area (Å²) in [5.41, 5.74) is -0.0291. The highest BCUT2D eigenvalue weighted by atomic mass is 19.1. The van der Waals surface area contributed by atoms with Gasteiger partial charge in [-0.2, -0.15) is 0 Å². The number of hydrogen-bond acceptors (Lipinski definition) is 2. The number of benzene rings is 1. The molecule has 0 spiro atoms. The zero-order valence-electron chi connectivity index (χ0n) is 10.2. The van der Waals surface area contributed by atoms with Gasteiger partial charge in [0, 0.05) is 19.0 Å². The number of nitrogens with zero attached hydrogens (tertiary/aromatic N) is 1. The summed E-state index contributed by atoms with van der Waals surface area (Å²) < 4.78 is 26.0. The first-order valence-electron chi connectivity index (χ1n) is 5.79. The Kier molecular flexibility index (Phi) is 5.22. The Morgan fingerprint density at radius 1 is 1.24 bits per heavy atom. The molecule has 17 heavy (non-hydrogen) atoms. The topological polar surface area (TPSA) is 20.3 Å². The van der Waals surface area contributed by atoms with Crippen molar-refractivity contribution < 1.29 is 13.6 Å². The summed E-state index contributed by atoms with van der Waals surface area (Å²) in [5, 5.41) is 0. The van der Waals surface area contributed by atoms with Gasteiger partial charge < -0.3 is 4.90 Å². The molecule has 0 aliphatic carbocycles. The molecule has 94 valence electrons. The van der Waals surface area contributed by atoms with Crippen molar-refractivity contribution in [3.8, 4) is 0 Å². The van der Waals surface area contributed by atoms with Crippen molar-refractivity contribution in [2.24, 2.45) is 0 Å². The van der Waals surface area contributed by atoms with E-state index in [1.165, 1.54) is 6.07 Å². The molecular weight excluding hydrogens is 224 g/mol. The molecular formula is C13H17F2NO. The molecule has 2 nitrogen and oxygen atoms in total. The first-order valence-corrected chi connectivity index (χ1v) is 5.79. The van der Waals surface area contributed by atoms with Gasteiger partial charge in [-0.1, -0.05) is 13.8 Å². The zero-order chi connectivity index (χ0) is 12.8. The lowest BCUT2D eigenvalue weighted by atomic mass is 10.1. The number of hydrogen-bond donors (Lipinski definition) is 0. The zero-order valence-corrected chi connectivity index (χ0v) is 10.2. The second kappa shape index (κ2) is 6.45. The van der Waals surface area contributed by atoms with Crippen molar-refractivity contribution >= 4 is 5.78 Å². The Morgan fingerprint density at radius 2 is 1.88 bits per heavy atom. The van der Waals surface area contributed by atoms with E-state index in [0.29, 0.717) is 6.54 Å². The van der Waals surface area contributed by atoms with Crippen LogP contribution in [-0.4, -0.2) is 30.3 Å². The summed E-state index contributed by atoms with van der Waals surface area (Å²) >= 11 is 0. The fourth-order valence-electron chi connectivity index (χ4n) is 1.65. The van der Waals surface area contributed by atoms with Crippen LogP contribution in [0, 0.1) is 11.6 Å². The third kappa shape index (κ3) is 3.89. The summed E-state index contributed by atoms with van der Waals surface area (Å²) in [6.07, 6.45) is 0.254. The quantitative estimate of drug-likeness (QED) is 0.714. The van der Waals surface area contributed by atoms with Crippen LogP contribution >= 0.6 is 0 Å². The number of carbonyl (C=O) groups excluding carboxylic acids is 1. The molecule has 0 atom stereocenters. The molecule has 1 aromatic rings. The number of ketones is 1. The standard InChI is InChI=1S/C13H17F2NO/c1-3-16(4-2)8-7-13(17)11-6-5-10(14)9-12(11)15/h5-6,9H,3-4,7-8H2,1-2H3. The third-order valence-electron chi connectivity index (χ3n) is 2.78. The van der Waals surface area contributed by atoms with Crippen molar-refractivity contribution in [1.82, 2.24) is 4.90 Å². The van der Waals surface area contributed by atoms with Crippen LogP contribution in [0.1, 0.15) is 30.6 Å². The van der Waals surface area contributed by atoms with Gasteiger partial charge in [-0.05, 0) is 25.2 Å². The van der Waals surface area contributed by atoms with Gasteiger partial charge in [-0.15, -0.1) is 0 Å². The lowest BCUT2D eigenvalue weighted by molar-refractivity contribution is 0.0962. The SMILES string of the molecule is CCN(CC)CCC(=O)c1ccc(F)cc1F. The molecule has 0 saturated carbocycles. The third-order valence-corrected chi connectivity index (χ3v) is 2.78. The number of Topliss-reactive ketones (excluding diaryl/α,β-unsaturated/α-hetero) is 1. The van der Waals surface area contributed by atoms with E-state index in [1.807, 2.05) is 13.8 Å². The Hall–Kier alpha value is -1.29. The van der Waals surface area contributed by atoms with E-state index in [1.54, 1.807) is 0 Å². The maximum Gasteiger partial charge on any atom is 0.167 e. The normalized spacial score (nSPS) is 10.9. The first-order chi connectivity index (χ1) is 8.08. The van der Waals surface area contributed by atoms with Gasteiger partial charge in [0.25, 0.3) is 0 Å². The predicted octanol–water partition coefficient (Wildman–Crippen LogP) is 2.88. The largest absolute Gasteiger partial charge is 0.303 e. The van der Waals surface area contributed by atoms with Crippen LogP contribution in [0.15, 0.2) is 18.2 Å². The van der Waals surface area contributed by atoms with E-state index in [0.717, 1.165) is 25.2 Å². The summed E-state index contributed by atoms with van der Waals surface area (Å²) in [5.74, 6) is -1.73. The van der Waals surface area contributed by atoms with Crippen molar-refractivity contribution in [1.29, 1.82) is 0 Å². The molecule has 0 amide bonds.